The maximum atomic E-state index is 10.6. The van der Waals surface area contributed by atoms with Gasteiger partial charge in [0.05, 0.1) is 53.1 Å². The Labute approximate surface area is 200 Å². The second-order valence-electron chi connectivity index (χ2n) is 8.61. The third kappa shape index (κ3) is 6.29. The number of rotatable bonds is 3. The van der Waals surface area contributed by atoms with E-state index in [1.165, 1.54) is 72.8 Å². The summed E-state index contributed by atoms with van der Waals surface area (Å²) in [5, 5.41) is 27.3. The van der Waals surface area contributed by atoms with E-state index < -0.39 is 5.97 Å². The summed E-state index contributed by atoms with van der Waals surface area (Å²) in [6.45, 7) is 11.9. The van der Waals surface area contributed by atoms with Gasteiger partial charge < -0.3 is 24.8 Å². The van der Waals surface area contributed by atoms with Crippen molar-refractivity contribution < 1.29 is 29.6 Å². The largest absolute Gasteiger partial charge is 0.504 e. The lowest BCUT2D eigenvalue weighted by atomic mass is 10.1. The third-order valence-corrected chi connectivity index (χ3v) is 5.89. The van der Waals surface area contributed by atoms with Crippen LogP contribution in [0.15, 0.2) is 30.3 Å². The van der Waals surface area contributed by atoms with Gasteiger partial charge in [-0.2, -0.15) is 0 Å². The van der Waals surface area contributed by atoms with Crippen molar-refractivity contribution in [1.82, 2.24) is 19.6 Å². The maximum absolute atomic E-state index is 10.6. The molecule has 4 aliphatic heterocycles. The number of nitrogens with zero attached hydrogens (tertiary/aromatic N) is 4. The molecule has 34 heavy (non-hydrogen) atoms. The van der Waals surface area contributed by atoms with Gasteiger partial charge in [0.2, 0.25) is 0 Å². The Hall–Kier alpha value is -3.05. The third-order valence-electron chi connectivity index (χ3n) is 5.89. The number of hydrogen-bond donors (Lipinski definition) is 3. The number of phenolic OH excluding ortho intramolecular Hbond substituents is 2. The van der Waals surface area contributed by atoms with E-state index in [4.69, 9.17) is 14.6 Å². The summed E-state index contributed by atoms with van der Waals surface area (Å²) in [6, 6.07) is 8.07. The van der Waals surface area contributed by atoms with Gasteiger partial charge in [0.1, 0.15) is 0 Å². The molecule has 10 nitrogen and oxygen atoms in total. The topological polar surface area (TPSA) is 109 Å². The first-order valence-corrected chi connectivity index (χ1v) is 11.0. The highest BCUT2D eigenvalue weighted by atomic mass is 16.5. The zero-order chi connectivity index (χ0) is 24.8. The summed E-state index contributed by atoms with van der Waals surface area (Å²) >= 11 is 0. The molecule has 0 amide bonds. The highest BCUT2D eigenvalue weighted by Crippen LogP contribution is 2.30. The normalized spacial score (nSPS) is 24.1. The van der Waals surface area contributed by atoms with Crippen LogP contribution in [0.4, 0.5) is 0 Å². The van der Waals surface area contributed by atoms with E-state index in [1.54, 1.807) is 13.0 Å². The summed E-state index contributed by atoms with van der Waals surface area (Å²) in [4.78, 5) is 20.6. The van der Waals surface area contributed by atoms with Crippen molar-refractivity contribution in [2.75, 3.05) is 60.7 Å². The van der Waals surface area contributed by atoms with Crippen LogP contribution in [0, 0.1) is 13.8 Å². The first-order valence-electron chi connectivity index (χ1n) is 11.0. The Kier molecular flexibility index (Phi) is 8.56. The first kappa shape index (κ1) is 25.6. The van der Waals surface area contributed by atoms with E-state index in [9.17, 15) is 15.0 Å². The maximum Gasteiger partial charge on any atom is 0.335 e. The molecule has 4 saturated heterocycles. The van der Waals surface area contributed by atoms with E-state index in [2.05, 4.69) is 19.6 Å². The minimum absolute atomic E-state index is 0.0208. The Balaban J connectivity index is 0.000000144. The zero-order valence-electron chi connectivity index (χ0n) is 20.2. The van der Waals surface area contributed by atoms with Gasteiger partial charge in [-0.1, -0.05) is 12.1 Å². The molecule has 2 aromatic carbocycles. The molecule has 4 heterocycles. The SMILES string of the molecule is C1CN2CN3CN1CN(C2)C3.COc1cc(C(=O)O)cc(C)c1O.COc1cccc(C)c1O. The number of phenols is 2. The van der Waals surface area contributed by atoms with Gasteiger partial charge >= 0.3 is 5.97 Å². The van der Waals surface area contributed by atoms with Gasteiger partial charge in [-0.05, 0) is 43.2 Å². The smallest absolute Gasteiger partial charge is 0.335 e. The van der Waals surface area contributed by atoms with E-state index in [0.29, 0.717) is 11.3 Å². The Morgan fingerprint density at radius 2 is 1.26 bits per heavy atom. The predicted octanol–water partition coefficient (Wildman–Crippen LogP) is 2.14. The van der Waals surface area contributed by atoms with Crippen molar-refractivity contribution in [3.05, 3.63) is 47.0 Å². The van der Waals surface area contributed by atoms with Crippen LogP contribution < -0.4 is 9.47 Å². The van der Waals surface area contributed by atoms with E-state index in [0.717, 1.165) is 5.56 Å². The second kappa shape index (κ2) is 11.4. The summed E-state index contributed by atoms with van der Waals surface area (Å²) in [5.74, 6) is -0.128. The highest BCUT2D eigenvalue weighted by molar-refractivity contribution is 5.89. The number of fused-ring (bicyclic) bond motifs is 1. The fourth-order valence-electron chi connectivity index (χ4n) is 4.16. The van der Waals surface area contributed by atoms with Crippen molar-refractivity contribution in [3.63, 3.8) is 0 Å². The molecule has 3 N–H and O–H groups in total. The minimum atomic E-state index is -1.04. The fourth-order valence-corrected chi connectivity index (χ4v) is 4.16. The zero-order valence-corrected chi connectivity index (χ0v) is 20.2. The molecule has 0 unspecified atom stereocenters. The molecular formula is C24H34N4O6. The summed E-state index contributed by atoms with van der Waals surface area (Å²) < 4.78 is 9.68. The van der Waals surface area contributed by atoms with Gasteiger partial charge in [-0.15, -0.1) is 0 Å². The molecule has 0 spiro atoms. The van der Waals surface area contributed by atoms with Crippen molar-refractivity contribution >= 4 is 5.97 Å². The number of carboxylic acid groups (broad SMARTS) is 1. The molecule has 0 radical (unpaired) electrons. The van der Waals surface area contributed by atoms with E-state index >= 15 is 0 Å². The number of aromatic hydroxyl groups is 2. The monoisotopic (exact) mass is 474 g/mol. The molecule has 4 bridgehead atoms. The minimum Gasteiger partial charge on any atom is -0.504 e. The number of carbonyl (C=O) groups is 1. The molecule has 6 rings (SSSR count). The highest BCUT2D eigenvalue weighted by Gasteiger charge is 2.33. The lowest BCUT2D eigenvalue weighted by Gasteiger charge is -2.45. The number of ether oxygens (including phenoxy) is 2. The predicted molar refractivity (Wildman–Crippen MR) is 127 cm³/mol. The van der Waals surface area contributed by atoms with Gasteiger partial charge in [0.15, 0.2) is 23.0 Å². The molecule has 0 aliphatic carbocycles. The van der Waals surface area contributed by atoms with Gasteiger partial charge in [-0.25, -0.2) is 4.79 Å². The molecule has 4 aliphatic rings. The van der Waals surface area contributed by atoms with Crippen molar-refractivity contribution in [2.45, 2.75) is 13.8 Å². The summed E-state index contributed by atoms with van der Waals surface area (Å²) in [5.41, 5.74) is 1.42. The van der Waals surface area contributed by atoms with Crippen LogP contribution in [0.3, 0.4) is 0 Å². The van der Waals surface area contributed by atoms with E-state index in [-0.39, 0.29) is 22.8 Å². The number of aromatic carboxylic acids is 1. The van der Waals surface area contributed by atoms with Crippen molar-refractivity contribution in [1.29, 1.82) is 0 Å². The molecule has 0 saturated carbocycles. The summed E-state index contributed by atoms with van der Waals surface area (Å²) in [6.07, 6.45) is 0. The Morgan fingerprint density at radius 1 is 0.765 bits per heavy atom. The lowest BCUT2D eigenvalue weighted by Crippen LogP contribution is -2.60. The van der Waals surface area contributed by atoms with Crippen LogP contribution in [0.25, 0.3) is 0 Å². The Bertz CT molecular complexity index is 968. The van der Waals surface area contributed by atoms with Crippen LogP contribution >= 0.6 is 0 Å². The molecule has 10 heteroatoms. The molecule has 2 aromatic rings. The number of para-hydroxylation sites is 1. The number of aryl methyl sites for hydroxylation is 2. The Morgan fingerprint density at radius 3 is 1.74 bits per heavy atom. The first-order chi connectivity index (χ1) is 16.2. The number of carboxylic acids is 1. The van der Waals surface area contributed by atoms with E-state index in [1.807, 2.05) is 19.1 Å². The number of methoxy groups -OCH3 is 2. The standard InChI is InChI=1S/C9H10O4.C8H10O2.C7H14N4/c1-5-3-6(9(11)12)4-7(13-2)8(5)10;1-6-4-3-5-7(10-2)8(6)9;1-2-9-5-10-3-8(1)4-11(6-9)7-10/h3-4,10H,1-2H3,(H,11,12);3-5,9H,1-2H3;1-7H2. The average Bonchev–Trinajstić information content (AvgIpc) is 3.04. The van der Waals surface area contributed by atoms with Gasteiger partial charge in [-0.3, -0.25) is 19.6 Å². The average molecular weight is 475 g/mol. The van der Waals surface area contributed by atoms with Crippen LogP contribution in [0.5, 0.6) is 23.0 Å². The quantitative estimate of drug-likeness (QED) is 0.612. The van der Waals surface area contributed by atoms with Gasteiger partial charge in [0.25, 0.3) is 0 Å². The van der Waals surface area contributed by atoms with Crippen molar-refractivity contribution in [2.24, 2.45) is 0 Å². The van der Waals surface area contributed by atoms with Crippen LogP contribution in [0.2, 0.25) is 0 Å². The molecule has 0 aromatic heterocycles. The van der Waals surface area contributed by atoms with Crippen molar-refractivity contribution in [3.8, 4) is 23.0 Å². The number of hydrogen-bond acceptors (Lipinski definition) is 9. The van der Waals surface area contributed by atoms with Crippen LogP contribution in [-0.4, -0.2) is 102 Å². The molecule has 0 atom stereocenters. The molecular weight excluding hydrogens is 440 g/mol. The molecule has 4 fully saturated rings. The van der Waals surface area contributed by atoms with Crippen LogP contribution in [-0.2, 0) is 0 Å². The van der Waals surface area contributed by atoms with Gasteiger partial charge in [0, 0.05) is 13.1 Å². The second-order valence-corrected chi connectivity index (χ2v) is 8.61. The van der Waals surface area contributed by atoms with Crippen LogP contribution in [0.1, 0.15) is 21.5 Å². The summed E-state index contributed by atoms with van der Waals surface area (Å²) in [7, 11) is 2.91. The molecule has 186 valence electrons. The lowest BCUT2D eigenvalue weighted by molar-refractivity contribution is -0.0851. The number of benzene rings is 2. The fraction of sp³-hybridized carbons (Fsp3) is 0.458.